The molecule has 9 heteroatoms. The summed E-state index contributed by atoms with van der Waals surface area (Å²) < 4.78 is 12.4. The van der Waals surface area contributed by atoms with Gasteiger partial charge in [0.1, 0.15) is 12.0 Å². The van der Waals surface area contributed by atoms with Crippen molar-refractivity contribution in [2.45, 2.75) is 57.3 Å². The maximum Gasteiger partial charge on any atom is 0.357 e. The van der Waals surface area contributed by atoms with Crippen molar-refractivity contribution in [3.63, 3.8) is 0 Å². The van der Waals surface area contributed by atoms with E-state index in [-0.39, 0.29) is 47.3 Å². The van der Waals surface area contributed by atoms with E-state index in [0.717, 1.165) is 4.24 Å². The first-order valence-electron chi connectivity index (χ1n) is 9.39. The van der Waals surface area contributed by atoms with E-state index in [9.17, 15) is 9.59 Å². The maximum absolute atomic E-state index is 13.0. The summed E-state index contributed by atoms with van der Waals surface area (Å²) in [6, 6.07) is 0. The third-order valence-electron chi connectivity index (χ3n) is 5.39. The van der Waals surface area contributed by atoms with Gasteiger partial charge >= 0.3 is 5.97 Å². The van der Waals surface area contributed by atoms with Gasteiger partial charge in [0.15, 0.2) is 14.0 Å². The van der Waals surface area contributed by atoms with Crippen LogP contribution in [0.4, 0.5) is 0 Å². The number of β-lactam (4-membered cyclic amide) rings is 1. The molecule has 1 N–H and O–H groups in total. The highest BCUT2D eigenvalue weighted by molar-refractivity contribution is 8.22. The van der Waals surface area contributed by atoms with E-state index in [4.69, 9.17) is 14.3 Å². The minimum atomic E-state index is -2.02. The lowest BCUT2D eigenvalue weighted by Crippen LogP contribution is -2.62. The van der Waals surface area contributed by atoms with Gasteiger partial charge in [0, 0.05) is 5.75 Å². The largest absolute Gasteiger partial charge is 0.457 e. The zero-order valence-electron chi connectivity index (χ0n) is 17.5. The quantitative estimate of drug-likeness (QED) is 0.252. The normalized spacial score (nSPS) is 23.4. The number of fused-ring (bicyclic) bond motifs is 1. The molecule has 3 unspecified atom stereocenters. The highest BCUT2D eigenvalue weighted by Gasteiger charge is 2.59. The number of carbonyl (C=O) groups excluding carboxylic acids is 2. The third-order valence-corrected chi connectivity index (χ3v) is 12.6. The van der Waals surface area contributed by atoms with E-state index in [1.54, 1.807) is 0 Å². The summed E-state index contributed by atoms with van der Waals surface area (Å²) in [5.74, 6) is -0.474. The zero-order chi connectivity index (χ0) is 21.3. The van der Waals surface area contributed by atoms with Gasteiger partial charge < -0.3 is 14.3 Å². The molecule has 1 amide bonds. The average Bonchev–Trinajstić information content (AvgIpc) is 2.90. The molecule has 0 saturated carbocycles. The van der Waals surface area contributed by atoms with E-state index in [0.29, 0.717) is 5.75 Å². The van der Waals surface area contributed by atoms with Crippen molar-refractivity contribution < 1.29 is 23.9 Å². The van der Waals surface area contributed by atoms with Crippen LogP contribution in [0.15, 0.2) is 22.6 Å². The molecule has 6 nitrogen and oxygen atoms in total. The molecular formula is C19H31NO5S2Si. The van der Waals surface area contributed by atoms with Crippen LogP contribution < -0.4 is 0 Å². The first-order valence-corrected chi connectivity index (χ1v) is 14.2. The number of esters is 1. The Morgan fingerprint density at radius 3 is 2.64 bits per heavy atom. The number of rotatable bonds is 9. The van der Waals surface area contributed by atoms with E-state index in [2.05, 4.69) is 40.4 Å². The molecule has 1 fully saturated rings. The molecule has 2 aliphatic rings. The molecule has 0 radical (unpaired) electrons. The Labute approximate surface area is 177 Å². The summed E-state index contributed by atoms with van der Waals surface area (Å²) in [5.41, 5.74) is 0.288. The standard InChI is InChI=1S/C19H31NO5S2Si/c1-8-10-24-17(23)14-18(26-11-9-21)27-16-13(15(22)20(14)16)12(2)25-28(6,7)19(3,4)5/h8,12-13,16,21H,1,9-11H2,2-7H3. The Morgan fingerprint density at radius 1 is 1.46 bits per heavy atom. The molecule has 0 aromatic carbocycles. The van der Waals surface area contributed by atoms with E-state index in [1.165, 1.54) is 34.5 Å². The summed E-state index contributed by atoms with van der Waals surface area (Å²) in [6.07, 6.45) is 1.27. The Hall–Kier alpha value is -0.743. The van der Waals surface area contributed by atoms with Crippen LogP contribution in [0.3, 0.4) is 0 Å². The maximum atomic E-state index is 13.0. The minimum absolute atomic E-state index is 0.00333. The molecule has 2 heterocycles. The predicted molar refractivity (Wildman–Crippen MR) is 117 cm³/mol. The molecular weight excluding hydrogens is 414 g/mol. The zero-order valence-corrected chi connectivity index (χ0v) is 20.1. The molecule has 158 valence electrons. The van der Waals surface area contributed by atoms with Crippen molar-refractivity contribution in [3.8, 4) is 0 Å². The fourth-order valence-electron chi connectivity index (χ4n) is 2.89. The van der Waals surface area contributed by atoms with Gasteiger partial charge in [-0.1, -0.05) is 45.2 Å². The monoisotopic (exact) mass is 445 g/mol. The number of ether oxygens (including phenoxy) is 1. The third kappa shape index (κ3) is 4.53. The van der Waals surface area contributed by atoms with Crippen LogP contribution >= 0.6 is 23.5 Å². The molecule has 2 aliphatic heterocycles. The van der Waals surface area contributed by atoms with Gasteiger partial charge in [0.25, 0.3) is 0 Å². The lowest BCUT2D eigenvalue weighted by Gasteiger charge is -2.48. The van der Waals surface area contributed by atoms with Crippen molar-refractivity contribution >= 4 is 43.7 Å². The average molecular weight is 446 g/mol. The Balaban J connectivity index is 2.18. The van der Waals surface area contributed by atoms with Crippen LogP contribution in [-0.4, -0.2) is 60.6 Å². The van der Waals surface area contributed by atoms with Gasteiger partial charge in [-0.3, -0.25) is 9.69 Å². The predicted octanol–water partition coefficient (Wildman–Crippen LogP) is 3.55. The summed E-state index contributed by atoms with van der Waals surface area (Å²) in [6.45, 7) is 16.4. The second-order valence-electron chi connectivity index (χ2n) is 8.42. The van der Waals surface area contributed by atoms with Crippen molar-refractivity contribution in [2.75, 3.05) is 19.0 Å². The number of carbonyl (C=O) groups is 2. The highest BCUT2D eigenvalue weighted by atomic mass is 32.2. The molecule has 0 aromatic rings. The van der Waals surface area contributed by atoms with Crippen molar-refractivity contribution in [3.05, 3.63) is 22.6 Å². The number of aliphatic hydroxyl groups excluding tert-OH is 1. The number of thioether (sulfide) groups is 2. The molecule has 0 aliphatic carbocycles. The Morgan fingerprint density at radius 2 is 2.11 bits per heavy atom. The van der Waals surface area contributed by atoms with Crippen LogP contribution in [0.1, 0.15) is 27.7 Å². The summed E-state index contributed by atoms with van der Waals surface area (Å²) in [7, 11) is -2.02. The lowest BCUT2D eigenvalue weighted by atomic mass is 9.92. The minimum Gasteiger partial charge on any atom is -0.457 e. The van der Waals surface area contributed by atoms with Gasteiger partial charge in [0.2, 0.25) is 5.91 Å². The molecule has 28 heavy (non-hydrogen) atoms. The smallest absolute Gasteiger partial charge is 0.357 e. The summed E-state index contributed by atoms with van der Waals surface area (Å²) >= 11 is 2.86. The molecule has 2 rings (SSSR count). The van der Waals surface area contributed by atoms with Crippen LogP contribution in [-0.2, 0) is 18.8 Å². The fraction of sp³-hybridized carbons (Fsp3) is 0.684. The molecule has 0 spiro atoms. The SMILES string of the molecule is C=CCOC(=O)C1=C(SCCO)SC2C(C(C)O[Si](C)(C)C(C)(C)C)C(=O)N12. The Kier molecular flexibility index (Phi) is 7.52. The van der Waals surface area contributed by atoms with Gasteiger partial charge in [-0.2, -0.15) is 0 Å². The van der Waals surface area contributed by atoms with Gasteiger partial charge in [-0.15, -0.1) is 11.8 Å². The second-order valence-corrected chi connectivity index (χ2v) is 15.7. The van der Waals surface area contributed by atoms with Gasteiger partial charge in [-0.05, 0) is 25.1 Å². The van der Waals surface area contributed by atoms with Crippen LogP contribution in [0, 0.1) is 5.92 Å². The first-order chi connectivity index (χ1) is 13.0. The molecule has 1 saturated heterocycles. The molecule has 0 aromatic heterocycles. The molecule has 3 atom stereocenters. The van der Waals surface area contributed by atoms with E-state index >= 15 is 0 Å². The topological polar surface area (TPSA) is 76.1 Å². The number of nitrogens with zero attached hydrogens (tertiary/aromatic N) is 1. The number of hydrogen-bond donors (Lipinski definition) is 1. The van der Waals surface area contributed by atoms with Gasteiger partial charge in [0.05, 0.1) is 22.9 Å². The molecule has 0 bridgehead atoms. The summed E-state index contributed by atoms with van der Waals surface area (Å²) in [5, 5.41) is 9.04. The van der Waals surface area contributed by atoms with Crippen LogP contribution in [0.25, 0.3) is 0 Å². The number of amides is 1. The second kappa shape index (κ2) is 8.95. The number of hydrogen-bond acceptors (Lipinski definition) is 7. The van der Waals surface area contributed by atoms with Crippen LogP contribution in [0.5, 0.6) is 0 Å². The van der Waals surface area contributed by atoms with E-state index in [1.807, 2.05) is 6.92 Å². The first kappa shape index (κ1) is 23.5. The van der Waals surface area contributed by atoms with Crippen molar-refractivity contribution in [1.29, 1.82) is 0 Å². The number of aliphatic hydroxyl groups is 1. The van der Waals surface area contributed by atoms with Crippen molar-refractivity contribution in [2.24, 2.45) is 5.92 Å². The Bertz CT molecular complexity index is 674. The van der Waals surface area contributed by atoms with Crippen LogP contribution in [0.2, 0.25) is 18.1 Å². The van der Waals surface area contributed by atoms with E-state index < -0.39 is 14.3 Å². The summed E-state index contributed by atoms with van der Waals surface area (Å²) in [4.78, 5) is 27.0. The lowest BCUT2D eigenvalue weighted by molar-refractivity contribution is -0.157. The fourth-order valence-corrected chi connectivity index (χ4v) is 7.04. The van der Waals surface area contributed by atoms with Gasteiger partial charge in [-0.25, -0.2) is 4.79 Å². The van der Waals surface area contributed by atoms with Crippen molar-refractivity contribution in [1.82, 2.24) is 4.90 Å². The highest BCUT2D eigenvalue weighted by Crippen LogP contribution is 2.54.